The average molecular weight is 283 g/mol. The van der Waals surface area contributed by atoms with E-state index in [2.05, 4.69) is 0 Å². The molecule has 0 saturated heterocycles. The molecule has 1 aliphatic rings. The molecule has 1 saturated carbocycles. The van der Waals surface area contributed by atoms with Crippen LogP contribution in [0.1, 0.15) is 29.6 Å². The Morgan fingerprint density at radius 3 is 2.63 bits per heavy atom. The third-order valence-electron chi connectivity index (χ3n) is 3.60. The van der Waals surface area contributed by atoms with Gasteiger partial charge in [-0.1, -0.05) is 18.0 Å². The Morgan fingerprint density at radius 1 is 1.32 bits per heavy atom. The minimum Gasteiger partial charge on any atom is -0.496 e. The second-order valence-electron chi connectivity index (χ2n) is 4.69. The van der Waals surface area contributed by atoms with Gasteiger partial charge >= 0.3 is 5.97 Å². The van der Waals surface area contributed by atoms with Gasteiger partial charge in [0.05, 0.1) is 18.6 Å². The van der Waals surface area contributed by atoms with Crippen LogP contribution in [0.25, 0.3) is 0 Å². The Bertz CT molecular complexity index is 512. The van der Waals surface area contributed by atoms with E-state index in [-0.39, 0.29) is 5.78 Å². The van der Waals surface area contributed by atoms with Crippen molar-refractivity contribution >= 4 is 23.4 Å². The number of rotatable bonds is 4. The van der Waals surface area contributed by atoms with Crippen molar-refractivity contribution in [1.29, 1.82) is 0 Å². The topological polar surface area (TPSA) is 63.6 Å². The van der Waals surface area contributed by atoms with Crippen LogP contribution in [0.15, 0.2) is 18.2 Å². The molecular formula is C14H15ClO4. The van der Waals surface area contributed by atoms with Gasteiger partial charge in [-0.15, -0.1) is 0 Å². The number of carbonyl (C=O) groups excluding carboxylic acids is 1. The number of halogens is 1. The van der Waals surface area contributed by atoms with Crippen LogP contribution in [0.5, 0.6) is 5.75 Å². The van der Waals surface area contributed by atoms with Crippen molar-refractivity contribution in [1.82, 2.24) is 0 Å². The number of carboxylic acids is 1. The zero-order valence-corrected chi connectivity index (χ0v) is 11.3. The third-order valence-corrected chi connectivity index (χ3v) is 3.83. The number of benzene rings is 1. The van der Waals surface area contributed by atoms with E-state index in [0.717, 1.165) is 6.42 Å². The van der Waals surface area contributed by atoms with Gasteiger partial charge < -0.3 is 9.84 Å². The lowest BCUT2D eigenvalue weighted by Gasteiger charge is -2.16. The Hall–Kier alpha value is -1.55. The van der Waals surface area contributed by atoms with Gasteiger partial charge in [-0.3, -0.25) is 9.59 Å². The Morgan fingerprint density at radius 2 is 2.00 bits per heavy atom. The van der Waals surface area contributed by atoms with E-state index in [9.17, 15) is 9.59 Å². The normalized spacial score (nSPS) is 22.2. The van der Waals surface area contributed by atoms with Crippen LogP contribution in [0.2, 0.25) is 5.02 Å². The number of aliphatic carboxylic acids is 1. The number of methoxy groups -OCH3 is 1. The van der Waals surface area contributed by atoms with Crippen LogP contribution in [0.4, 0.5) is 0 Å². The number of carbonyl (C=O) groups is 2. The highest BCUT2D eigenvalue weighted by Crippen LogP contribution is 2.36. The fourth-order valence-electron chi connectivity index (χ4n) is 2.64. The van der Waals surface area contributed by atoms with Crippen LogP contribution in [0.3, 0.4) is 0 Å². The number of carboxylic acid groups (broad SMARTS) is 1. The summed E-state index contributed by atoms with van der Waals surface area (Å²) in [4.78, 5) is 23.7. The van der Waals surface area contributed by atoms with E-state index in [4.69, 9.17) is 21.4 Å². The van der Waals surface area contributed by atoms with Crippen LogP contribution in [-0.4, -0.2) is 24.0 Å². The number of Topliss-reactive ketones (excluding diaryl/α,β-unsaturated/α-hetero) is 1. The van der Waals surface area contributed by atoms with Gasteiger partial charge in [-0.2, -0.15) is 0 Å². The molecule has 4 nitrogen and oxygen atoms in total. The minimum absolute atomic E-state index is 0.191. The molecule has 2 unspecified atom stereocenters. The molecule has 5 heteroatoms. The molecule has 1 aromatic rings. The van der Waals surface area contributed by atoms with Gasteiger partial charge in [0, 0.05) is 10.9 Å². The van der Waals surface area contributed by atoms with Crippen LogP contribution in [0, 0.1) is 11.8 Å². The van der Waals surface area contributed by atoms with Gasteiger partial charge in [-0.25, -0.2) is 0 Å². The van der Waals surface area contributed by atoms with Crippen LogP contribution >= 0.6 is 11.6 Å². The predicted molar refractivity (Wildman–Crippen MR) is 70.8 cm³/mol. The highest BCUT2D eigenvalue weighted by atomic mass is 35.5. The van der Waals surface area contributed by atoms with E-state index in [1.807, 2.05) is 0 Å². The molecule has 19 heavy (non-hydrogen) atoms. The second kappa shape index (κ2) is 5.61. The molecule has 2 atom stereocenters. The molecule has 0 aliphatic heterocycles. The maximum absolute atomic E-state index is 12.5. The summed E-state index contributed by atoms with van der Waals surface area (Å²) in [7, 11) is 1.48. The van der Waals surface area contributed by atoms with Crippen molar-refractivity contribution < 1.29 is 19.4 Å². The molecule has 102 valence electrons. The summed E-state index contributed by atoms with van der Waals surface area (Å²) in [5, 5.41) is 9.59. The van der Waals surface area contributed by atoms with Gasteiger partial charge in [0.2, 0.25) is 0 Å². The van der Waals surface area contributed by atoms with Crippen molar-refractivity contribution in [2.75, 3.05) is 7.11 Å². The first-order valence-corrected chi connectivity index (χ1v) is 6.53. The number of ketones is 1. The predicted octanol–water partition coefficient (Wildman–Crippen LogP) is 3.03. The quantitative estimate of drug-likeness (QED) is 0.862. The number of hydrogen-bond donors (Lipinski definition) is 1. The lowest BCUT2D eigenvalue weighted by molar-refractivity contribution is -0.142. The first kappa shape index (κ1) is 13.9. The summed E-state index contributed by atoms with van der Waals surface area (Å²) in [6.07, 6.45) is 1.91. The molecule has 0 aromatic heterocycles. The molecule has 1 aromatic carbocycles. The smallest absolute Gasteiger partial charge is 0.307 e. The summed E-state index contributed by atoms with van der Waals surface area (Å²) in [6, 6.07) is 4.81. The molecule has 0 spiro atoms. The third kappa shape index (κ3) is 2.73. The van der Waals surface area contributed by atoms with E-state index in [0.29, 0.717) is 29.2 Å². The number of hydrogen-bond acceptors (Lipinski definition) is 3. The summed E-state index contributed by atoms with van der Waals surface area (Å²) in [5.41, 5.74) is 0.369. The Labute approximate surface area is 116 Å². The van der Waals surface area contributed by atoms with Crippen molar-refractivity contribution in [2.45, 2.75) is 19.3 Å². The first-order valence-electron chi connectivity index (χ1n) is 6.15. The molecule has 1 N–H and O–H groups in total. The van der Waals surface area contributed by atoms with Crippen molar-refractivity contribution in [3.05, 3.63) is 28.8 Å². The molecule has 1 aliphatic carbocycles. The Kier molecular flexibility index (Phi) is 4.10. The van der Waals surface area contributed by atoms with Crippen molar-refractivity contribution in [3.8, 4) is 5.75 Å². The van der Waals surface area contributed by atoms with E-state index >= 15 is 0 Å². The van der Waals surface area contributed by atoms with Crippen molar-refractivity contribution in [2.24, 2.45) is 11.8 Å². The molecule has 1 fully saturated rings. The number of ether oxygens (including phenoxy) is 1. The monoisotopic (exact) mass is 282 g/mol. The molecule has 2 rings (SSSR count). The maximum atomic E-state index is 12.5. The summed E-state index contributed by atoms with van der Waals surface area (Å²) >= 11 is 5.90. The van der Waals surface area contributed by atoms with Gasteiger partial charge in [0.1, 0.15) is 5.75 Å². The zero-order chi connectivity index (χ0) is 14.0. The average Bonchev–Trinajstić information content (AvgIpc) is 2.87. The zero-order valence-electron chi connectivity index (χ0n) is 10.6. The molecule has 0 heterocycles. The van der Waals surface area contributed by atoms with E-state index in [1.54, 1.807) is 18.2 Å². The van der Waals surface area contributed by atoms with Crippen LogP contribution in [-0.2, 0) is 4.79 Å². The van der Waals surface area contributed by atoms with Crippen LogP contribution < -0.4 is 4.74 Å². The fraction of sp³-hybridized carbons (Fsp3) is 0.429. The molecular weight excluding hydrogens is 268 g/mol. The van der Waals surface area contributed by atoms with Gasteiger partial charge in [0.15, 0.2) is 5.78 Å². The SMILES string of the molecule is COc1ccc(Cl)cc1C(=O)C1CCCC1C(=O)O. The highest BCUT2D eigenvalue weighted by Gasteiger charge is 2.38. The fourth-order valence-corrected chi connectivity index (χ4v) is 2.81. The minimum atomic E-state index is -0.906. The standard InChI is InChI=1S/C14H15ClO4/c1-19-12-6-5-8(15)7-11(12)13(16)9-3-2-4-10(9)14(17)18/h5-7,9-10H,2-4H2,1H3,(H,17,18). The first-order chi connectivity index (χ1) is 9.04. The molecule has 0 radical (unpaired) electrons. The summed E-state index contributed by atoms with van der Waals surface area (Å²) < 4.78 is 5.15. The van der Waals surface area contributed by atoms with E-state index in [1.165, 1.54) is 7.11 Å². The summed E-state index contributed by atoms with van der Waals surface area (Å²) in [5.74, 6) is -1.74. The highest BCUT2D eigenvalue weighted by molar-refractivity contribution is 6.31. The summed E-state index contributed by atoms with van der Waals surface area (Å²) in [6.45, 7) is 0. The largest absolute Gasteiger partial charge is 0.496 e. The van der Waals surface area contributed by atoms with Gasteiger partial charge in [-0.05, 0) is 31.0 Å². The lowest BCUT2D eigenvalue weighted by Crippen LogP contribution is -2.25. The maximum Gasteiger partial charge on any atom is 0.307 e. The molecule has 0 amide bonds. The van der Waals surface area contributed by atoms with Gasteiger partial charge in [0.25, 0.3) is 0 Å². The second-order valence-corrected chi connectivity index (χ2v) is 5.13. The lowest BCUT2D eigenvalue weighted by atomic mass is 9.88. The van der Waals surface area contributed by atoms with Crippen molar-refractivity contribution in [3.63, 3.8) is 0 Å². The Balaban J connectivity index is 2.33. The molecule has 0 bridgehead atoms. The van der Waals surface area contributed by atoms with E-state index < -0.39 is 17.8 Å².